The summed E-state index contributed by atoms with van der Waals surface area (Å²) in [6.07, 6.45) is 6.92. The number of fused-ring (bicyclic) bond motifs is 1. The van der Waals surface area contributed by atoms with Crippen molar-refractivity contribution in [3.05, 3.63) is 102 Å². The summed E-state index contributed by atoms with van der Waals surface area (Å²) < 4.78 is 22.2. The third-order valence-electron chi connectivity index (χ3n) is 6.45. The second kappa shape index (κ2) is 11.5. The molecule has 3 aromatic carbocycles. The molecule has 5 nitrogen and oxygen atoms in total. The van der Waals surface area contributed by atoms with Gasteiger partial charge in [0, 0.05) is 21.0 Å². The zero-order valence-electron chi connectivity index (χ0n) is 19.8. The Morgan fingerprint density at radius 2 is 1.84 bits per heavy atom. The van der Waals surface area contributed by atoms with Gasteiger partial charge in [-0.25, -0.2) is 9.37 Å². The molecule has 1 fully saturated rings. The number of aromatic nitrogens is 2. The second-order valence-electron chi connectivity index (χ2n) is 9.05. The van der Waals surface area contributed by atoms with Crippen molar-refractivity contribution in [2.45, 2.75) is 44.6 Å². The topological polar surface area (TPSA) is 56.5 Å². The minimum atomic E-state index is -0.306. The van der Waals surface area contributed by atoms with E-state index in [1.54, 1.807) is 36.5 Å². The van der Waals surface area contributed by atoms with Crippen molar-refractivity contribution in [3.63, 3.8) is 0 Å². The van der Waals surface area contributed by atoms with E-state index in [1.165, 1.54) is 23.2 Å². The minimum Gasteiger partial charge on any atom is -0.487 e. The molecule has 1 heterocycles. The lowest BCUT2D eigenvalue weighted by Crippen LogP contribution is -2.25. The summed E-state index contributed by atoms with van der Waals surface area (Å²) in [5.41, 5.74) is 1.84. The summed E-state index contributed by atoms with van der Waals surface area (Å²) in [6, 6.07) is 15.1. The van der Waals surface area contributed by atoms with Crippen molar-refractivity contribution in [2.75, 3.05) is 0 Å². The van der Waals surface area contributed by atoms with E-state index in [4.69, 9.17) is 21.3 Å². The summed E-state index contributed by atoms with van der Waals surface area (Å²) in [5, 5.41) is 5.61. The quantitative estimate of drug-likeness (QED) is 0.198. The Kier molecular flexibility index (Phi) is 8.07. The molecule has 1 aliphatic carbocycles. The number of hydrogen-bond acceptors (Lipinski definition) is 4. The van der Waals surface area contributed by atoms with Crippen molar-refractivity contribution in [2.24, 2.45) is 5.10 Å². The van der Waals surface area contributed by atoms with Crippen LogP contribution in [0.2, 0.25) is 5.02 Å². The van der Waals surface area contributed by atoms with Gasteiger partial charge in [0.1, 0.15) is 24.0 Å². The largest absolute Gasteiger partial charge is 0.487 e. The maximum absolute atomic E-state index is 13.6. The monoisotopic (exact) mass is 645 g/mol. The van der Waals surface area contributed by atoms with Crippen molar-refractivity contribution in [1.82, 2.24) is 9.66 Å². The molecule has 0 N–H and O–H groups in total. The fraction of sp³-hybridized carbons (Fsp3) is 0.250. The van der Waals surface area contributed by atoms with Gasteiger partial charge in [0.05, 0.1) is 21.6 Å². The van der Waals surface area contributed by atoms with E-state index < -0.39 is 0 Å². The van der Waals surface area contributed by atoms with Crippen LogP contribution in [0.1, 0.15) is 55.0 Å². The Morgan fingerprint density at radius 1 is 1.08 bits per heavy atom. The normalized spacial score (nSPS) is 14.5. The van der Waals surface area contributed by atoms with Gasteiger partial charge in [-0.3, -0.25) is 4.79 Å². The fourth-order valence-electron chi connectivity index (χ4n) is 4.59. The SMILES string of the molecule is O=c1c2cc(Br)ccc2nc(C2CCCCC2)n1N=Cc1cc(Cl)cc(Br)c1OCc1ccc(F)cc1. The number of halogens is 4. The van der Waals surface area contributed by atoms with E-state index >= 15 is 0 Å². The van der Waals surface area contributed by atoms with Gasteiger partial charge in [-0.05, 0) is 76.8 Å². The maximum Gasteiger partial charge on any atom is 0.282 e. The Balaban J connectivity index is 1.56. The smallest absolute Gasteiger partial charge is 0.282 e. The number of benzene rings is 3. The van der Waals surface area contributed by atoms with Gasteiger partial charge in [-0.15, -0.1) is 0 Å². The molecule has 4 aromatic rings. The lowest BCUT2D eigenvalue weighted by atomic mass is 9.88. The molecule has 0 saturated heterocycles. The average molecular weight is 648 g/mol. The van der Waals surface area contributed by atoms with Crippen molar-refractivity contribution < 1.29 is 9.13 Å². The minimum absolute atomic E-state index is 0.159. The Labute approximate surface area is 235 Å². The summed E-state index contributed by atoms with van der Waals surface area (Å²) in [4.78, 5) is 18.5. The summed E-state index contributed by atoms with van der Waals surface area (Å²) >= 11 is 13.3. The van der Waals surface area contributed by atoms with Crippen LogP contribution < -0.4 is 10.3 Å². The standard InChI is InChI=1S/C28H23Br2ClFN3O2/c29-20-8-11-25-23(13-20)28(36)35(27(34-25)18-4-2-1-3-5-18)33-15-19-12-21(31)14-24(30)26(19)37-16-17-6-9-22(32)10-7-17/h6-15,18H,1-5,16H2. The summed E-state index contributed by atoms with van der Waals surface area (Å²) in [6.45, 7) is 0.222. The molecule has 5 rings (SSSR count). The molecule has 0 unspecified atom stereocenters. The molecule has 9 heteroatoms. The molecule has 0 amide bonds. The molecule has 1 saturated carbocycles. The van der Waals surface area contributed by atoms with Crippen LogP contribution in [0.25, 0.3) is 10.9 Å². The highest BCUT2D eigenvalue weighted by Gasteiger charge is 2.22. The molecule has 0 radical (unpaired) electrons. The zero-order valence-corrected chi connectivity index (χ0v) is 23.7. The van der Waals surface area contributed by atoms with E-state index in [1.807, 2.05) is 12.1 Å². The number of hydrogen-bond donors (Lipinski definition) is 0. The zero-order chi connectivity index (χ0) is 25.9. The van der Waals surface area contributed by atoms with E-state index in [9.17, 15) is 9.18 Å². The van der Waals surface area contributed by atoms with E-state index in [0.29, 0.717) is 37.5 Å². The van der Waals surface area contributed by atoms with Gasteiger partial charge in [0.2, 0.25) is 0 Å². The van der Waals surface area contributed by atoms with Crippen LogP contribution >= 0.6 is 43.5 Å². The molecule has 0 atom stereocenters. The number of ether oxygens (including phenoxy) is 1. The molecule has 1 aliphatic rings. The van der Waals surface area contributed by atoms with Gasteiger partial charge in [0.25, 0.3) is 5.56 Å². The lowest BCUT2D eigenvalue weighted by molar-refractivity contribution is 0.303. The van der Waals surface area contributed by atoms with Crippen LogP contribution in [0.5, 0.6) is 5.75 Å². The lowest BCUT2D eigenvalue weighted by Gasteiger charge is -2.22. The van der Waals surface area contributed by atoms with Crippen LogP contribution in [-0.4, -0.2) is 15.9 Å². The van der Waals surface area contributed by atoms with Crippen molar-refractivity contribution in [3.8, 4) is 5.75 Å². The van der Waals surface area contributed by atoms with Crippen molar-refractivity contribution in [1.29, 1.82) is 0 Å². The van der Waals surface area contributed by atoms with Gasteiger partial charge >= 0.3 is 0 Å². The van der Waals surface area contributed by atoms with Crippen LogP contribution in [0.3, 0.4) is 0 Å². The highest BCUT2D eigenvalue weighted by atomic mass is 79.9. The Bertz CT molecular complexity index is 1530. The van der Waals surface area contributed by atoms with Gasteiger partial charge < -0.3 is 4.74 Å². The van der Waals surface area contributed by atoms with Crippen LogP contribution in [0.15, 0.2) is 73.4 Å². The van der Waals surface area contributed by atoms with Gasteiger partial charge in [0.15, 0.2) is 0 Å². The van der Waals surface area contributed by atoms with Gasteiger partial charge in [-0.2, -0.15) is 9.78 Å². The van der Waals surface area contributed by atoms with E-state index in [2.05, 4.69) is 37.0 Å². The number of rotatable bonds is 6. The molecular formula is C28H23Br2ClFN3O2. The molecular weight excluding hydrogens is 625 g/mol. The first-order valence-corrected chi connectivity index (χ1v) is 14.0. The predicted molar refractivity (Wildman–Crippen MR) is 152 cm³/mol. The third kappa shape index (κ3) is 5.97. The summed E-state index contributed by atoms with van der Waals surface area (Å²) in [7, 11) is 0. The first-order valence-electron chi connectivity index (χ1n) is 12.0. The third-order valence-corrected chi connectivity index (χ3v) is 7.75. The first kappa shape index (κ1) is 26.1. The second-order valence-corrected chi connectivity index (χ2v) is 11.3. The molecule has 37 heavy (non-hydrogen) atoms. The molecule has 0 spiro atoms. The Morgan fingerprint density at radius 3 is 2.59 bits per heavy atom. The maximum atomic E-state index is 13.6. The van der Waals surface area contributed by atoms with E-state index in [0.717, 1.165) is 35.7 Å². The summed E-state index contributed by atoms with van der Waals surface area (Å²) in [5.74, 6) is 1.04. The van der Waals surface area contributed by atoms with Crippen LogP contribution in [-0.2, 0) is 6.61 Å². The van der Waals surface area contributed by atoms with E-state index in [-0.39, 0.29) is 23.9 Å². The van der Waals surface area contributed by atoms with Gasteiger partial charge in [-0.1, -0.05) is 58.9 Å². The fourth-order valence-corrected chi connectivity index (χ4v) is 5.90. The predicted octanol–water partition coefficient (Wildman–Crippen LogP) is 8.22. The molecule has 190 valence electrons. The number of nitrogens with zero attached hydrogens (tertiary/aromatic N) is 3. The van der Waals surface area contributed by atoms with Crippen LogP contribution in [0, 0.1) is 5.82 Å². The average Bonchev–Trinajstić information content (AvgIpc) is 2.89. The molecule has 0 aliphatic heterocycles. The first-order chi connectivity index (χ1) is 17.9. The van der Waals surface area contributed by atoms with Crippen LogP contribution in [0.4, 0.5) is 4.39 Å². The highest BCUT2D eigenvalue weighted by molar-refractivity contribution is 9.10. The molecule has 1 aromatic heterocycles. The highest BCUT2D eigenvalue weighted by Crippen LogP contribution is 2.34. The van der Waals surface area contributed by atoms with Crippen molar-refractivity contribution >= 4 is 60.6 Å². The Hall–Kier alpha value is -2.55. The molecule has 0 bridgehead atoms.